The van der Waals surface area contributed by atoms with Crippen LogP contribution in [0.4, 0.5) is 5.69 Å². The van der Waals surface area contributed by atoms with Crippen molar-refractivity contribution in [2.24, 2.45) is 5.10 Å². The number of halogens is 1. The van der Waals surface area contributed by atoms with Crippen molar-refractivity contribution < 1.29 is 23.8 Å². The molecule has 0 aromatic heterocycles. The smallest absolute Gasteiger partial charge is 0.240 e. The molecular formula is C20H22BrN3O5. The zero-order valence-electron chi connectivity index (χ0n) is 16.3. The summed E-state index contributed by atoms with van der Waals surface area (Å²) in [5.74, 6) is 0.974. The molecule has 9 heteroatoms. The molecule has 0 radical (unpaired) electrons. The Morgan fingerprint density at radius 2 is 1.69 bits per heavy atom. The van der Waals surface area contributed by atoms with Crippen LogP contribution in [-0.2, 0) is 9.59 Å². The van der Waals surface area contributed by atoms with Gasteiger partial charge in [-0.25, -0.2) is 5.43 Å². The van der Waals surface area contributed by atoms with Crippen LogP contribution in [0.3, 0.4) is 0 Å². The van der Waals surface area contributed by atoms with Crippen molar-refractivity contribution in [3.05, 3.63) is 46.4 Å². The fourth-order valence-corrected chi connectivity index (χ4v) is 3.06. The summed E-state index contributed by atoms with van der Waals surface area (Å²) in [6.07, 6.45) is 1.48. The van der Waals surface area contributed by atoms with Crippen molar-refractivity contribution in [1.29, 1.82) is 0 Å². The highest BCUT2D eigenvalue weighted by molar-refractivity contribution is 9.10. The number of carbonyl (C=O) groups is 2. The average molecular weight is 464 g/mol. The summed E-state index contributed by atoms with van der Waals surface area (Å²) < 4.78 is 16.4. The molecular weight excluding hydrogens is 442 g/mol. The molecule has 0 aliphatic carbocycles. The molecule has 29 heavy (non-hydrogen) atoms. The number of carbonyl (C=O) groups excluding carboxylic acids is 2. The first-order valence-electron chi connectivity index (χ1n) is 8.64. The van der Waals surface area contributed by atoms with Crippen molar-refractivity contribution in [3.8, 4) is 17.2 Å². The first-order valence-corrected chi connectivity index (χ1v) is 9.44. The summed E-state index contributed by atoms with van der Waals surface area (Å²) >= 11 is 3.39. The Labute approximate surface area is 177 Å². The highest BCUT2D eigenvalue weighted by Crippen LogP contribution is 2.35. The minimum absolute atomic E-state index is 0.00600. The Morgan fingerprint density at radius 1 is 1.00 bits per heavy atom. The number of hydrazone groups is 1. The Morgan fingerprint density at radius 3 is 2.38 bits per heavy atom. The fraction of sp³-hybridized carbons (Fsp3) is 0.250. The summed E-state index contributed by atoms with van der Waals surface area (Å²) in [6.45, 7) is 0. The van der Waals surface area contributed by atoms with Gasteiger partial charge in [0.25, 0.3) is 0 Å². The minimum atomic E-state index is -0.379. The lowest BCUT2D eigenvalue weighted by Gasteiger charge is -2.10. The lowest BCUT2D eigenvalue weighted by molar-refractivity contribution is -0.124. The van der Waals surface area contributed by atoms with Crippen molar-refractivity contribution in [3.63, 3.8) is 0 Å². The third-order valence-electron chi connectivity index (χ3n) is 3.82. The first-order chi connectivity index (χ1) is 14.0. The standard InChI is InChI=1S/C20H22BrN3O5/c1-27-16-7-5-4-6-15(16)23-18(25)8-9-19(26)24-22-12-13-10-14(21)20(29-3)17(11-13)28-2/h4-7,10-12H,8-9H2,1-3H3,(H,23,25)(H,24,26)/b22-12+. The number of nitrogens with one attached hydrogen (secondary N) is 2. The predicted octanol–water partition coefficient (Wildman–Crippen LogP) is 3.34. The third-order valence-corrected chi connectivity index (χ3v) is 4.41. The number of para-hydroxylation sites is 2. The van der Waals surface area contributed by atoms with Crippen molar-refractivity contribution in [2.75, 3.05) is 26.6 Å². The van der Waals surface area contributed by atoms with Crippen molar-refractivity contribution in [1.82, 2.24) is 5.43 Å². The third kappa shape index (κ3) is 6.49. The quantitative estimate of drug-likeness (QED) is 0.438. The molecule has 0 heterocycles. The zero-order valence-corrected chi connectivity index (χ0v) is 17.9. The van der Waals surface area contributed by atoms with Gasteiger partial charge in [0.2, 0.25) is 11.8 Å². The van der Waals surface area contributed by atoms with E-state index in [4.69, 9.17) is 14.2 Å². The van der Waals surface area contributed by atoms with Gasteiger partial charge in [-0.2, -0.15) is 5.10 Å². The molecule has 0 unspecified atom stereocenters. The molecule has 0 atom stereocenters. The fourth-order valence-electron chi connectivity index (χ4n) is 2.43. The van der Waals surface area contributed by atoms with Crippen LogP contribution < -0.4 is 25.0 Å². The van der Waals surface area contributed by atoms with Gasteiger partial charge in [0.15, 0.2) is 11.5 Å². The monoisotopic (exact) mass is 463 g/mol. The largest absolute Gasteiger partial charge is 0.495 e. The second kappa shape index (κ2) is 11.1. The first kappa shape index (κ1) is 22.2. The number of amides is 2. The van der Waals surface area contributed by atoms with Gasteiger partial charge in [-0.1, -0.05) is 12.1 Å². The lowest BCUT2D eigenvalue weighted by Crippen LogP contribution is -2.20. The van der Waals surface area contributed by atoms with E-state index in [2.05, 4.69) is 31.8 Å². The van der Waals surface area contributed by atoms with Gasteiger partial charge in [0.1, 0.15) is 5.75 Å². The highest BCUT2D eigenvalue weighted by atomic mass is 79.9. The van der Waals surface area contributed by atoms with Crippen LogP contribution in [0.2, 0.25) is 0 Å². The van der Waals surface area contributed by atoms with Crippen LogP contribution in [-0.4, -0.2) is 39.4 Å². The molecule has 2 aromatic rings. The van der Waals surface area contributed by atoms with Crippen LogP contribution >= 0.6 is 15.9 Å². The molecule has 2 N–H and O–H groups in total. The average Bonchev–Trinajstić information content (AvgIpc) is 2.72. The SMILES string of the molecule is COc1ccccc1NC(=O)CCC(=O)N/N=C/c1cc(Br)c(OC)c(OC)c1. The molecule has 0 saturated heterocycles. The van der Waals surface area contributed by atoms with E-state index in [1.165, 1.54) is 20.4 Å². The van der Waals surface area contributed by atoms with Gasteiger partial charge < -0.3 is 19.5 Å². The van der Waals surface area contributed by atoms with Crippen molar-refractivity contribution >= 4 is 39.6 Å². The van der Waals surface area contributed by atoms with Gasteiger partial charge in [-0.15, -0.1) is 0 Å². The Kier molecular flexibility index (Phi) is 8.47. The minimum Gasteiger partial charge on any atom is -0.495 e. The molecule has 0 aliphatic rings. The number of hydrogen-bond donors (Lipinski definition) is 2. The van der Waals surface area contributed by atoms with E-state index in [0.717, 1.165) is 0 Å². The number of rotatable bonds is 9. The van der Waals surface area contributed by atoms with E-state index in [-0.39, 0.29) is 24.7 Å². The number of methoxy groups -OCH3 is 3. The van der Waals surface area contributed by atoms with Gasteiger partial charge >= 0.3 is 0 Å². The second-order valence-corrected chi connectivity index (χ2v) is 6.63. The molecule has 2 rings (SSSR count). The number of benzene rings is 2. The second-order valence-electron chi connectivity index (χ2n) is 5.78. The van der Waals surface area contributed by atoms with E-state index in [9.17, 15) is 9.59 Å². The summed E-state index contributed by atoms with van der Waals surface area (Å²) in [6, 6.07) is 10.5. The lowest BCUT2D eigenvalue weighted by atomic mass is 10.2. The van der Waals surface area contributed by atoms with E-state index in [1.54, 1.807) is 43.5 Å². The summed E-state index contributed by atoms with van der Waals surface area (Å²) in [4.78, 5) is 24.0. The molecule has 0 saturated carbocycles. The van der Waals surface area contributed by atoms with Gasteiger partial charge in [0.05, 0.1) is 37.7 Å². The maximum atomic E-state index is 12.0. The van der Waals surface area contributed by atoms with E-state index in [1.807, 2.05) is 0 Å². The van der Waals surface area contributed by atoms with Gasteiger partial charge in [0, 0.05) is 12.8 Å². The normalized spacial score (nSPS) is 10.5. The summed E-state index contributed by atoms with van der Waals surface area (Å²) in [5.41, 5.74) is 3.65. The molecule has 0 aliphatic heterocycles. The predicted molar refractivity (Wildman–Crippen MR) is 114 cm³/mol. The van der Waals surface area contributed by atoms with Crippen LogP contribution in [0.15, 0.2) is 46.0 Å². The number of anilines is 1. The van der Waals surface area contributed by atoms with Gasteiger partial charge in [-0.05, 0) is 45.8 Å². The summed E-state index contributed by atoms with van der Waals surface area (Å²) in [7, 11) is 4.59. The van der Waals surface area contributed by atoms with E-state index < -0.39 is 0 Å². The molecule has 0 fully saturated rings. The molecule has 2 amide bonds. The number of nitrogens with zero attached hydrogens (tertiary/aromatic N) is 1. The molecule has 2 aromatic carbocycles. The summed E-state index contributed by atoms with van der Waals surface area (Å²) in [5, 5.41) is 6.62. The Hall–Kier alpha value is -3.07. The van der Waals surface area contributed by atoms with Crippen LogP contribution in [0.25, 0.3) is 0 Å². The van der Waals surface area contributed by atoms with Gasteiger partial charge in [-0.3, -0.25) is 9.59 Å². The Bertz CT molecular complexity index is 902. The molecule has 8 nitrogen and oxygen atoms in total. The molecule has 0 bridgehead atoms. The molecule has 0 spiro atoms. The van der Waals surface area contributed by atoms with E-state index >= 15 is 0 Å². The number of hydrogen-bond acceptors (Lipinski definition) is 6. The number of ether oxygens (including phenoxy) is 3. The Balaban J connectivity index is 1.85. The highest BCUT2D eigenvalue weighted by Gasteiger charge is 2.11. The van der Waals surface area contributed by atoms with Crippen LogP contribution in [0.1, 0.15) is 18.4 Å². The van der Waals surface area contributed by atoms with Crippen molar-refractivity contribution in [2.45, 2.75) is 12.8 Å². The zero-order chi connectivity index (χ0) is 21.2. The maximum absolute atomic E-state index is 12.0. The maximum Gasteiger partial charge on any atom is 0.240 e. The molecule has 154 valence electrons. The topological polar surface area (TPSA) is 98.2 Å². The van der Waals surface area contributed by atoms with Crippen LogP contribution in [0.5, 0.6) is 17.2 Å². The van der Waals surface area contributed by atoms with Crippen LogP contribution in [0, 0.1) is 0 Å². The van der Waals surface area contributed by atoms with E-state index in [0.29, 0.717) is 33.0 Å².